The van der Waals surface area contributed by atoms with Crippen molar-refractivity contribution in [2.75, 3.05) is 23.3 Å². The Morgan fingerprint density at radius 2 is 1.96 bits per heavy atom. The predicted molar refractivity (Wildman–Crippen MR) is 93.9 cm³/mol. The number of piperidine rings is 1. The van der Waals surface area contributed by atoms with Gasteiger partial charge in [-0.3, -0.25) is 4.79 Å². The number of hydrogen-bond acceptors (Lipinski definition) is 5. The summed E-state index contributed by atoms with van der Waals surface area (Å²) in [5, 5.41) is 2.54. The fourth-order valence-electron chi connectivity index (χ4n) is 2.89. The number of alkyl halides is 3. The molecule has 0 unspecified atom stereocenters. The Morgan fingerprint density at radius 1 is 1.22 bits per heavy atom. The van der Waals surface area contributed by atoms with Gasteiger partial charge < -0.3 is 15.0 Å². The number of anilines is 2. The largest absolute Gasteiger partial charge is 0.573 e. The third-order valence-corrected chi connectivity index (χ3v) is 4.18. The fraction of sp³-hybridized carbons (Fsp3) is 0.389. The van der Waals surface area contributed by atoms with E-state index < -0.39 is 18.0 Å². The lowest BCUT2D eigenvalue weighted by atomic mass is 10.1. The van der Waals surface area contributed by atoms with Gasteiger partial charge in [-0.05, 0) is 38.3 Å². The zero-order valence-corrected chi connectivity index (χ0v) is 14.7. The molecule has 0 saturated carbocycles. The number of nitrogens with zero attached hydrogens (tertiary/aromatic N) is 3. The van der Waals surface area contributed by atoms with Gasteiger partial charge in [0.05, 0.1) is 11.3 Å². The number of hydrogen-bond donors (Lipinski definition) is 1. The Bertz CT molecular complexity index is 820. The van der Waals surface area contributed by atoms with Crippen molar-refractivity contribution >= 4 is 17.5 Å². The van der Waals surface area contributed by atoms with Crippen LogP contribution in [0.2, 0.25) is 0 Å². The molecule has 2 heterocycles. The van der Waals surface area contributed by atoms with Gasteiger partial charge >= 0.3 is 6.36 Å². The molecular formula is C18H19F3N4O2. The summed E-state index contributed by atoms with van der Waals surface area (Å²) in [5.41, 5.74) is 0.949. The lowest BCUT2D eigenvalue weighted by molar-refractivity contribution is -0.274. The summed E-state index contributed by atoms with van der Waals surface area (Å²) in [4.78, 5) is 23.2. The average Bonchev–Trinajstić information content (AvgIpc) is 2.61. The van der Waals surface area contributed by atoms with Crippen LogP contribution in [0, 0.1) is 6.92 Å². The quantitative estimate of drug-likeness (QED) is 0.871. The third kappa shape index (κ3) is 5.08. The van der Waals surface area contributed by atoms with E-state index >= 15 is 0 Å². The van der Waals surface area contributed by atoms with Crippen LogP contribution in [0.1, 0.15) is 35.3 Å². The monoisotopic (exact) mass is 380 g/mol. The molecule has 9 heteroatoms. The maximum atomic E-state index is 12.5. The van der Waals surface area contributed by atoms with Crippen LogP contribution in [-0.4, -0.2) is 35.3 Å². The molecule has 6 nitrogen and oxygen atoms in total. The van der Waals surface area contributed by atoms with Crippen molar-refractivity contribution in [3.8, 4) is 5.75 Å². The molecule has 27 heavy (non-hydrogen) atoms. The summed E-state index contributed by atoms with van der Waals surface area (Å²) in [7, 11) is 0. The van der Waals surface area contributed by atoms with E-state index in [1.807, 2.05) is 0 Å². The zero-order chi connectivity index (χ0) is 19.4. The van der Waals surface area contributed by atoms with Crippen LogP contribution < -0.4 is 15.0 Å². The number of amides is 1. The van der Waals surface area contributed by atoms with E-state index in [1.54, 1.807) is 6.92 Å². The van der Waals surface area contributed by atoms with Crippen molar-refractivity contribution < 1.29 is 22.7 Å². The summed E-state index contributed by atoms with van der Waals surface area (Å²) >= 11 is 0. The highest BCUT2D eigenvalue weighted by Gasteiger charge is 2.31. The first-order chi connectivity index (χ1) is 12.8. The maximum Gasteiger partial charge on any atom is 0.573 e. The van der Waals surface area contributed by atoms with Crippen LogP contribution in [0.15, 0.2) is 30.5 Å². The number of rotatable bonds is 4. The van der Waals surface area contributed by atoms with Gasteiger partial charge in [-0.25, -0.2) is 9.97 Å². The van der Waals surface area contributed by atoms with Crippen molar-refractivity contribution in [2.45, 2.75) is 32.5 Å². The smallest absolute Gasteiger partial charge is 0.406 e. The Kier molecular flexibility index (Phi) is 5.48. The van der Waals surface area contributed by atoms with Crippen molar-refractivity contribution in [1.82, 2.24) is 9.97 Å². The number of halogens is 3. The molecule has 1 saturated heterocycles. The van der Waals surface area contributed by atoms with Crippen LogP contribution in [-0.2, 0) is 0 Å². The average molecular weight is 380 g/mol. The highest BCUT2D eigenvalue weighted by molar-refractivity contribution is 6.04. The van der Waals surface area contributed by atoms with Gasteiger partial charge in [0.1, 0.15) is 5.75 Å². The molecule has 0 bridgehead atoms. The molecule has 1 aromatic carbocycles. The van der Waals surface area contributed by atoms with Crippen molar-refractivity contribution in [3.63, 3.8) is 0 Å². The molecule has 0 spiro atoms. The first kappa shape index (κ1) is 18.9. The zero-order valence-electron chi connectivity index (χ0n) is 14.7. The van der Waals surface area contributed by atoms with Gasteiger partial charge in [0.15, 0.2) is 0 Å². The molecule has 3 rings (SSSR count). The van der Waals surface area contributed by atoms with Crippen LogP contribution in [0.5, 0.6) is 5.75 Å². The molecule has 0 aliphatic carbocycles. The van der Waals surface area contributed by atoms with Gasteiger partial charge in [0.25, 0.3) is 5.91 Å². The van der Waals surface area contributed by atoms with Crippen LogP contribution in [0.4, 0.5) is 24.8 Å². The highest BCUT2D eigenvalue weighted by Crippen LogP contribution is 2.25. The van der Waals surface area contributed by atoms with Crippen molar-refractivity contribution in [1.29, 1.82) is 0 Å². The summed E-state index contributed by atoms with van der Waals surface area (Å²) in [5.74, 6) is -0.320. The minimum Gasteiger partial charge on any atom is -0.406 e. The van der Waals surface area contributed by atoms with Gasteiger partial charge in [-0.2, -0.15) is 0 Å². The second-order valence-electron chi connectivity index (χ2n) is 6.25. The van der Waals surface area contributed by atoms with E-state index in [2.05, 4.69) is 24.9 Å². The SMILES string of the molecule is Cc1nc(N2CCCCC2)ncc1C(=O)Nc1cccc(OC(F)(F)F)c1. The summed E-state index contributed by atoms with van der Waals surface area (Å²) in [6.45, 7) is 3.47. The second kappa shape index (κ2) is 7.81. The van der Waals surface area contributed by atoms with Gasteiger partial charge in [0.2, 0.25) is 5.95 Å². The van der Waals surface area contributed by atoms with Gasteiger partial charge in [-0.15, -0.1) is 13.2 Å². The second-order valence-corrected chi connectivity index (χ2v) is 6.25. The molecule has 1 aliphatic rings. The third-order valence-electron chi connectivity index (χ3n) is 4.18. The maximum absolute atomic E-state index is 12.5. The number of benzene rings is 1. The number of ether oxygens (including phenoxy) is 1. The summed E-state index contributed by atoms with van der Waals surface area (Å²) in [6.07, 6.45) is 0.00404. The molecule has 2 aromatic rings. The molecule has 144 valence electrons. The van der Waals surface area contributed by atoms with Crippen molar-refractivity contribution in [2.24, 2.45) is 0 Å². The molecule has 1 aliphatic heterocycles. The Morgan fingerprint density at radius 3 is 2.63 bits per heavy atom. The molecule has 0 radical (unpaired) electrons. The number of carbonyl (C=O) groups is 1. The fourth-order valence-corrected chi connectivity index (χ4v) is 2.89. The van der Waals surface area contributed by atoms with E-state index in [0.29, 0.717) is 11.6 Å². The standard InChI is InChI=1S/C18H19F3N4O2/c1-12-15(11-22-17(23-12)25-8-3-2-4-9-25)16(26)24-13-6-5-7-14(10-13)27-18(19,20)21/h5-7,10-11H,2-4,8-9H2,1H3,(H,24,26). The topological polar surface area (TPSA) is 67.4 Å². The van der Waals surface area contributed by atoms with E-state index in [-0.39, 0.29) is 11.3 Å². The Hall–Kier alpha value is -2.84. The summed E-state index contributed by atoms with van der Waals surface area (Å²) < 4.78 is 40.8. The minimum atomic E-state index is -4.79. The molecule has 1 amide bonds. The number of aromatic nitrogens is 2. The summed E-state index contributed by atoms with van der Waals surface area (Å²) in [6, 6.07) is 5.09. The molecule has 1 N–H and O–H groups in total. The molecule has 1 aromatic heterocycles. The van der Waals surface area contributed by atoms with Crippen LogP contribution in [0.25, 0.3) is 0 Å². The van der Waals surface area contributed by atoms with E-state index in [1.165, 1.54) is 24.8 Å². The van der Waals surface area contributed by atoms with Crippen LogP contribution in [0.3, 0.4) is 0 Å². The van der Waals surface area contributed by atoms with E-state index in [0.717, 1.165) is 38.1 Å². The first-order valence-electron chi connectivity index (χ1n) is 8.57. The predicted octanol–water partition coefficient (Wildman–Crippen LogP) is 3.93. The number of aryl methyl sites for hydroxylation is 1. The van der Waals surface area contributed by atoms with Crippen molar-refractivity contribution in [3.05, 3.63) is 41.7 Å². The van der Waals surface area contributed by atoms with E-state index in [9.17, 15) is 18.0 Å². The van der Waals surface area contributed by atoms with E-state index in [4.69, 9.17) is 0 Å². The lowest BCUT2D eigenvalue weighted by Gasteiger charge is -2.26. The molecule has 1 fully saturated rings. The highest BCUT2D eigenvalue weighted by atomic mass is 19.4. The minimum absolute atomic E-state index is 0.182. The Balaban J connectivity index is 1.71. The van der Waals surface area contributed by atoms with Gasteiger partial charge in [-0.1, -0.05) is 6.07 Å². The first-order valence-corrected chi connectivity index (χ1v) is 8.57. The Labute approximate surface area is 154 Å². The van der Waals surface area contributed by atoms with Crippen LogP contribution >= 0.6 is 0 Å². The molecule has 0 atom stereocenters. The van der Waals surface area contributed by atoms with Gasteiger partial charge in [0, 0.05) is 31.0 Å². The molecular weight excluding hydrogens is 361 g/mol. The number of nitrogens with one attached hydrogen (secondary N) is 1. The lowest BCUT2D eigenvalue weighted by Crippen LogP contribution is -2.31. The number of carbonyl (C=O) groups excluding carboxylic acids is 1. The normalized spacial score (nSPS) is 14.7.